The van der Waals surface area contributed by atoms with Gasteiger partial charge in [0.05, 0.1) is 0 Å². The van der Waals surface area contributed by atoms with Gasteiger partial charge in [-0.2, -0.15) is 105 Å². The second kappa shape index (κ2) is 8.37. The van der Waals surface area contributed by atoms with Crippen LogP contribution in [0.4, 0.5) is 110 Å². The highest BCUT2D eigenvalue weighted by Crippen LogP contribution is 2.68. The summed E-state index contributed by atoms with van der Waals surface area (Å²) in [5.74, 6) is -73.6. The monoisotopic (exact) mass is 619 g/mol. The predicted octanol–water partition coefficient (Wildman–Crippen LogP) is 8.33. The van der Waals surface area contributed by atoms with Crippen LogP contribution in [0.2, 0.25) is 0 Å². The molecule has 0 nitrogen and oxygen atoms in total. The maximum absolute atomic E-state index is 13.4. The number of hydrogen-bond donors (Lipinski definition) is 0. The molecule has 0 bridgehead atoms. The third-order valence-corrected chi connectivity index (χ3v) is 4.21. The maximum atomic E-state index is 13.4. The van der Waals surface area contributed by atoms with Gasteiger partial charge in [0.1, 0.15) is 0 Å². The van der Waals surface area contributed by atoms with Gasteiger partial charge >= 0.3 is 71.8 Å². The lowest BCUT2D eigenvalue weighted by atomic mass is 9.82. The molecule has 0 heterocycles. The molecule has 1 radical (unpaired) electrons. The second-order valence-corrected chi connectivity index (χ2v) is 6.51. The van der Waals surface area contributed by atoms with Crippen molar-refractivity contribution in [3.05, 3.63) is 6.43 Å². The topological polar surface area (TPSA) is 0 Å². The van der Waals surface area contributed by atoms with Gasteiger partial charge < -0.3 is 0 Å². The smallest absolute Gasteiger partial charge is 0.216 e. The van der Waals surface area contributed by atoms with E-state index in [1.807, 2.05) is 0 Å². The van der Waals surface area contributed by atoms with Crippen LogP contribution in [0.3, 0.4) is 0 Å². The van der Waals surface area contributed by atoms with E-state index >= 15 is 0 Å². The molecule has 0 spiro atoms. The summed E-state index contributed by atoms with van der Waals surface area (Å²) in [6.45, 7) is 0. The SMILES string of the molecule is F[C](F)C(F)(F)C(F)(F)C(F)(F)C(F)(F)C(F)(F)C(F)(F)C(F)(F)C(F)(F)C(F)(C(F)(F)F)C(F)(F)F. The molecule has 0 fully saturated rings. The predicted molar refractivity (Wildman–Crippen MR) is 61.0 cm³/mol. The van der Waals surface area contributed by atoms with Crippen molar-refractivity contribution in [3.8, 4) is 0 Å². The molecule has 25 heteroatoms. The van der Waals surface area contributed by atoms with Crippen LogP contribution < -0.4 is 0 Å². The molecular formula is C12F25. The summed E-state index contributed by atoms with van der Waals surface area (Å²) >= 11 is 0. The van der Waals surface area contributed by atoms with Gasteiger partial charge in [-0.05, 0) is 0 Å². The zero-order valence-electron chi connectivity index (χ0n) is 15.4. The van der Waals surface area contributed by atoms with Crippen molar-refractivity contribution in [1.29, 1.82) is 0 Å². The Morgan fingerprint density at radius 2 is 0.459 bits per heavy atom. The lowest BCUT2D eigenvalue weighted by Crippen LogP contribution is -2.79. The minimum Gasteiger partial charge on any atom is -0.216 e. The third kappa shape index (κ3) is 4.01. The highest BCUT2D eigenvalue weighted by Gasteiger charge is 3.00. The summed E-state index contributed by atoms with van der Waals surface area (Å²) < 4.78 is 321. The van der Waals surface area contributed by atoms with Gasteiger partial charge in [0.15, 0.2) is 0 Å². The largest absolute Gasteiger partial charge is 0.438 e. The fourth-order valence-electron chi connectivity index (χ4n) is 2.03. The zero-order valence-corrected chi connectivity index (χ0v) is 15.4. The summed E-state index contributed by atoms with van der Waals surface area (Å²) in [5.41, 5.74) is -9.10. The van der Waals surface area contributed by atoms with Crippen molar-refractivity contribution in [2.75, 3.05) is 0 Å². The fraction of sp³-hybridized carbons (Fsp3) is 0.917. The van der Waals surface area contributed by atoms with Crippen molar-refractivity contribution in [2.45, 2.75) is 65.4 Å². The highest BCUT2D eigenvalue weighted by molar-refractivity contribution is 5.21. The molecule has 0 aromatic carbocycles. The summed E-state index contributed by atoms with van der Waals surface area (Å²) in [6, 6.07) is 0. The average Bonchev–Trinajstić information content (AvgIpc) is 2.63. The first-order valence-electron chi connectivity index (χ1n) is 7.47. The molecule has 0 saturated carbocycles. The molecule has 0 aromatic rings. The van der Waals surface area contributed by atoms with Crippen molar-refractivity contribution in [1.82, 2.24) is 0 Å². The molecule has 223 valence electrons. The van der Waals surface area contributed by atoms with E-state index in [4.69, 9.17) is 0 Å². The van der Waals surface area contributed by atoms with E-state index in [0.29, 0.717) is 0 Å². The Hall–Kier alpha value is -1.75. The van der Waals surface area contributed by atoms with Crippen molar-refractivity contribution < 1.29 is 110 Å². The number of halogens is 25. The van der Waals surface area contributed by atoms with Crippen molar-refractivity contribution in [3.63, 3.8) is 0 Å². The van der Waals surface area contributed by atoms with Gasteiger partial charge in [-0.3, -0.25) is 0 Å². The van der Waals surface area contributed by atoms with Gasteiger partial charge in [-0.15, -0.1) is 0 Å². The quantitative estimate of drug-likeness (QED) is 0.228. The minimum atomic E-state index is -9.62. The van der Waals surface area contributed by atoms with Crippen LogP contribution in [0.1, 0.15) is 0 Å². The summed E-state index contributed by atoms with van der Waals surface area (Å²) in [4.78, 5) is 0. The number of hydrogen-bond acceptors (Lipinski definition) is 0. The van der Waals surface area contributed by atoms with Crippen LogP contribution in [-0.4, -0.2) is 65.4 Å². The Bertz CT molecular complexity index is 808. The van der Waals surface area contributed by atoms with Gasteiger partial charge in [0.25, 0.3) is 0 Å². The van der Waals surface area contributed by atoms with E-state index in [2.05, 4.69) is 0 Å². The van der Waals surface area contributed by atoms with Crippen molar-refractivity contribution in [2.24, 2.45) is 0 Å². The molecule has 0 unspecified atom stereocenters. The van der Waals surface area contributed by atoms with E-state index in [-0.39, 0.29) is 0 Å². The first kappa shape index (κ1) is 35.2. The molecule has 0 saturated heterocycles. The molecule has 0 aliphatic heterocycles. The Kier molecular flexibility index (Phi) is 7.98. The Morgan fingerprint density at radius 3 is 0.649 bits per heavy atom. The molecule has 0 amide bonds. The van der Waals surface area contributed by atoms with E-state index < -0.39 is 71.8 Å². The van der Waals surface area contributed by atoms with Gasteiger partial charge in [-0.25, -0.2) is 4.39 Å². The lowest BCUT2D eigenvalue weighted by Gasteiger charge is -2.45. The zero-order chi connectivity index (χ0) is 31.1. The first-order chi connectivity index (χ1) is 15.4. The second-order valence-electron chi connectivity index (χ2n) is 6.51. The van der Waals surface area contributed by atoms with Crippen LogP contribution in [0.15, 0.2) is 0 Å². The maximum Gasteiger partial charge on any atom is 0.438 e. The molecule has 0 rings (SSSR count). The Morgan fingerprint density at radius 1 is 0.270 bits per heavy atom. The molecule has 37 heavy (non-hydrogen) atoms. The normalized spacial score (nSPS) is 17.0. The molecular weight excluding hydrogens is 619 g/mol. The molecule has 0 aliphatic rings. The minimum absolute atomic E-state index is 5.38. The first-order valence-corrected chi connectivity index (χ1v) is 7.47. The van der Waals surface area contributed by atoms with E-state index in [9.17, 15) is 110 Å². The van der Waals surface area contributed by atoms with Crippen LogP contribution >= 0.6 is 0 Å². The lowest BCUT2D eigenvalue weighted by molar-refractivity contribution is -0.481. The van der Waals surface area contributed by atoms with Crippen LogP contribution in [0.5, 0.6) is 0 Å². The van der Waals surface area contributed by atoms with Crippen LogP contribution in [0, 0.1) is 6.43 Å². The molecule has 0 aliphatic carbocycles. The highest BCUT2D eigenvalue weighted by atomic mass is 19.4. The number of rotatable bonds is 9. The van der Waals surface area contributed by atoms with Gasteiger partial charge in [-0.1, -0.05) is 0 Å². The Balaban J connectivity index is 7.38. The summed E-state index contributed by atoms with van der Waals surface area (Å²) in [5, 5.41) is 0. The third-order valence-electron chi connectivity index (χ3n) is 4.21. The average molecular weight is 619 g/mol. The fourth-order valence-corrected chi connectivity index (χ4v) is 2.03. The Labute approximate surface area is 183 Å². The van der Waals surface area contributed by atoms with E-state index in [0.717, 1.165) is 0 Å². The van der Waals surface area contributed by atoms with E-state index in [1.165, 1.54) is 0 Å². The van der Waals surface area contributed by atoms with Crippen LogP contribution in [0.25, 0.3) is 0 Å². The summed E-state index contributed by atoms with van der Waals surface area (Å²) in [7, 11) is 0. The molecule has 0 atom stereocenters. The summed E-state index contributed by atoms with van der Waals surface area (Å²) in [6.07, 6.45) is -22.5. The van der Waals surface area contributed by atoms with E-state index in [1.54, 1.807) is 0 Å². The molecule has 0 N–H and O–H groups in total. The van der Waals surface area contributed by atoms with Gasteiger partial charge in [0, 0.05) is 0 Å². The standard InChI is InChI=1S/C12F25/c13-1(14)2(15,16)4(18,19)6(22,23)8(26,27)10(30,31)9(28,29)7(24,25)5(20,21)3(17,11(32,33)34)12(35,36)37. The molecule has 0 aromatic heterocycles. The number of alkyl halides is 23. The van der Waals surface area contributed by atoms with Gasteiger partial charge in [0.2, 0.25) is 0 Å². The van der Waals surface area contributed by atoms with Crippen molar-refractivity contribution >= 4 is 0 Å². The van der Waals surface area contributed by atoms with Crippen LogP contribution in [-0.2, 0) is 0 Å².